The number of nitrogens with one attached hydrogen (secondary N) is 4. The van der Waals surface area contributed by atoms with Gasteiger partial charge < -0.3 is 25.7 Å². The van der Waals surface area contributed by atoms with Crippen molar-refractivity contribution in [2.75, 3.05) is 17.7 Å². The van der Waals surface area contributed by atoms with E-state index in [0.29, 0.717) is 20.7 Å². The molecule has 0 atom stereocenters. The number of anilines is 2. The third-order valence-corrected chi connectivity index (χ3v) is 7.47. The Morgan fingerprint density at radius 1 is 0.927 bits per heavy atom. The van der Waals surface area contributed by atoms with Gasteiger partial charge >= 0.3 is 6.09 Å². The van der Waals surface area contributed by atoms with Crippen LogP contribution in [-0.2, 0) is 10.3 Å². The number of ether oxygens (including phenoxy) is 1. The molecule has 11 nitrogen and oxygen atoms in total. The van der Waals surface area contributed by atoms with Crippen LogP contribution in [0.3, 0.4) is 0 Å². The van der Waals surface area contributed by atoms with Crippen LogP contribution in [0, 0.1) is 0 Å². The molecule has 5 rings (SSSR count). The number of para-hydroxylation sites is 1. The smallest absolute Gasteiger partial charge is 0.435 e. The van der Waals surface area contributed by atoms with E-state index in [1.807, 2.05) is 44.2 Å². The Balaban J connectivity index is 1.44. The summed E-state index contributed by atoms with van der Waals surface area (Å²) in [6, 6.07) is 19.2. The lowest BCUT2D eigenvalue weighted by Gasteiger charge is -2.26. The average Bonchev–Trinajstić information content (AvgIpc) is 3.72. The molecule has 41 heavy (non-hydrogen) atoms. The standard InChI is InChI=1S/C29H26N6O5S/c1-29(2,18-9-5-4-6-10-18)33-26(38)22-15-20-23(34-35(27(20)41-22)28(39)40-3)32-25(37)19-11-7-8-12-21(19)31-24(36)17-13-14-30-16-17/h4-16,30H,1-3H3,(H,31,36)(H,33,38)(H,32,34,37). The number of carbonyl (C=O) groups excluding carboxylic acids is 4. The second kappa shape index (κ2) is 11.1. The first kappa shape index (κ1) is 27.3. The third-order valence-electron chi connectivity index (χ3n) is 6.36. The number of thiophene rings is 1. The molecule has 0 spiro atoms. The highest BCUT2D eigenvalue weighted by atomic mass is 32.1. The number of rotatable bonds is 7. The SMILES string of the molecule is COC(=O)n1nc(NC(=O)c2ccccc2NC(=O)c2cc[nH]c2)c2cc(C(=O)NC(C)(C)c3ccccc3)sc21. The molecule has 0 aliphatic heterocycles. The van der Waals surface area contributed by atoms with Gasteiger partial charge in [0, 0.05) is 12.4 Å². The molecule has 3 heterocycles. The van der Waals surface area contributed by atoms with Crippen molar-refractivity contribution < 1.29 is 23.9 Å². The highest BCUT2D eigenvalue weighted by Crippen LogP contribution is 2.33. The quantitative estimate of drug-likeness (QED) is 0.211. The monoisotopic (exact) mass is 570 g/mol. The molecule has 5 aromatic rings. The van der Waals surface area contributed by atoms with Crippen molar-refractivity contribution in [2.24, 2.45) is 0 Å². The van der Waals surface area contributed by atoms with E-state index < -0.39 is 23.4 Å². The van der Waals surface area contributed by atoms with Gasteiger partial charge in [0.1, 0.15) is 4.83 Å². The zero-order valence-corrected chi connectivity index (χ0v) is 23.2. The van der Waals surface area contributed by atoms with Crippen LogP contribution in [0.2, 0.25) is 0 Å². The lowest BCUT2D eigenvalue weighted by atomic mass is 9.94. The molecular weight excluding hydrogens is 544 g/mol. The fourth-order valence-corrected chi connectivity index (χ4v) is 5.22. The van der Waals surface area contributed by atoms with Gasteiger partial charge in [-0.05, 0) is 43.7 Å². The summed E-state index contributed by atoms with van der Waals surface area (Å²) in [4.78, 5) is 55.2. The van der Waals surface area contributed by atoms with Crippen LogP contribution in [0.25, 0.3) is 10.2 Å². The zero-order chi connectivity index (χ0) is 29.1. The van der Waals surface area contributed by atoms with Gasteiger partial charge in [0.05, 0.1) is 39.7 Å². The van der Waals surface area contributed by atoms with Gasteiger partial charge in [-0.2, -0.15) is 4.68 Å². The molecule has 0 radical (unpaired) electrons. The summed E-state index contributed by atoms with van der Waals surface area (Å²) in [6.45, 7) is 3.78. The summed E-state index contributed by atoms with van der Waals surface area (Å²) in [5.74, 6) is -1.27. The number of hydrogen-bond acceptors (Lipinski definition) is 7. The lowest BCUT2D eigenvalue weighted by Crippen LogP contribution is -2.40. The van der Waals surface area contributed by atoms with E-state index in [1.165, 1.54) is 7.11 Å². The van der Waals surface area contributed by atoms with E-state index in [1.54, 1.807) is 48.8 Å². The highest BCUT2D eigenvalue weighted by Gasteiger charge is 2.27. The number of hydrogen-bond donors (Lipinski definition) is 4. The molecule has 3 amide bonds. The van der Waals surface area contributed by atoms with E-state index in [0.717, 1.165) is 21.6 Å². The van der Waals surface area contributed by atoms with Crippen LogP contribution in [0.1, 0.15) is 49.8 Å². The average molecular weight is 571 g/mol. The molecule has 4 N–H and O–H groups in total. The van der Waals surface area contributed by atoms with Crippen molar-refractivity contribution in [2.45, 2.75) is 19.4 Å². The van der Waals surface area contributed by atoms with Gasteiger partial charge in [-0.1, -0.05) is 42.5 Å². The Morgan fingerprint density at radius 3 is 2.37 bits per heavy atom. The van der Waals surface area contributed by atoms with Gasteiger partial charge in [0.25, 0.3) is 17.7 Å². The predicted molar refractivity (Wildman–Crippen MR) is 155 cm³/mol. The van der Waals surface area contributed by atoms with E-state index in [2.05, 4.69) is 26.0 Å². The number of nitrogens with zero attached hydrogens (tertiary/aromatic N) is 2. The minimum atomic E-state index is -0.784. The normalized spacial score (nSPS) is 11.2. The fraction of sp³-hybridized carbons (Fsp3) is 0.138. The molecule has 0 aliphatic rings. The minimum Gasteiger partial charge on any atom is -0.451 e. The predicted octanol–water partition coefficient (Wildman–Crippen LogP) is 5.21. The lowest BCUT2D eigenvalue weighted by molar-refractivity contribution is 0.0915. The van der Waals surface area contributed by atoms with E-state index in [4.69, 9.17) is 4.74 Å². The number of benzene rings is 2. The van der Waals surface area contributed by atoms with Gasteiger partial charge in [-0.3, -0.25) is 14.4 Å². The minimum absolute atomic E-state index is 0.0554. The van der Waals surface area contributed by atoms with Gasteiger partial charge in [-0.15, -0.1) is 16.4 Å². The number of aromatic nitrogens is 3. The Bertz CT molecular complexity index is 1750. The maximum atomic E-state index is 13.4. The molecule has 208 valence electrons. The van der Waals surface area contributed by atoms with Crippen LogP contribution in [0.15, 0.2) is 79.1 Å². The second-order valence-electron chi connectivity index (χ2n) is 9.56. The molecule has 0 saturated heterocycles. The summed E-state index contributed by atoms with van der Waals surface area (Å²) < 4.78 is 5.85. The molecule has 2 aromatic carbocycles. The van der Waals surface area contributed by atoms with Gasteiger partial charge in [-0.25, -0.2) is 4.79 Å². The fourth-order valence-electron chi connectivity index (χ4n) is 4.22. The largest absolute Gasteiger partial charge is 0.451 e. The van der Waals surface area contributed by atoms with Crippen LogP contribution < -0.4 is 16.0 Å². The molecular formula is C29H26N6O5S. The Kier molecular flexibility index (Phi) is 7.40. The Morgan fingerprint density at radius 2 is 1.66 bits per heavy atom. The molecule has 0 saturated carbocycles. The summed E-state index contributed by atoms with van der Waals surface area (Å²) in [5.41, 5.74) is 1.11. The summed E-state index contributed by atoms with van der Waals surface area (Å²) in [6.07, 6.45) is 2.38. The number of fused-ring (bicyclic) bond motifs is 1. The van der Waals surface area contributed by atoms with E-state index in [9.17, 15) is 19.2 Å². The maximum Gasteiger partial charge on any atom is 0.435 e. The van der Waals surface area contributed by atoms with Crippen molar-refractivity contribution in [1.29, 1.82) is 0 Å². The number of carbonyl (C=O) groups is 4. The van der Waals surface area contributed by atoms with Gasteiger partial charge in [0.2, 0.25) is 0 Å². The first-order chi connectivity index (χ1) is 19.7. The molecule has 0 fully saturated rings. The first-order valence-electron chi connectivity index (χ1n) is 12.5. The molecule has 3 aromatic heterocycles. The molecule has 0 aliphatic carbocycles. The third kappa shape index (κ3) is 5.58. The molecule has 12 heteroatoms. The second-order valence-corrected chi connectivity index (χ2v) is 10.6. The summed E-state index contributed by atoms with van der Waals surface area (Å²) in [5, 5.41) is 13.1. The molecule has 0 bridgehead atoms. The molecule has 0 unspecified atom stereocenters. The topological polar surface area (TPSA) is 147 Å². The van der Waals surface area contributed by atoms with Crippen molar-refractivity contribution in [1.82, 2.24) is 20.1 Å². The van der Waals surface area contributed by atoms with E-state index in [-0.39, 0.29) is 23.0 Å². The van der Waals surface area contributed by atoms with Crippen molar-refractivity contribution >= 4 is 56.9 Å². The van der Waals surface area contributed by atoms with Crippen molar-refractivity contribution in [3.05, 3.63) is 101 Å². The highest BCUT2D eigenvalue weighted by molar-refractivity contribution is 7.20. The Labute approximate surface area is 238 Å². The van der Waals surface area contributed by atoms with Crippen LogP contribution >= 0.6 is 11.3 Å². The van der Waals surface area contributed by atoms with Crippen LogP contribution in [-0.4, -0.2) is 45.7 Å². The zero-order valence-electron chi connectivity index (χ0n) is 22.3. The Hall–Kier alpha value is -5.23. The maximum absolute atomic E-state index is 13.4. The van der Waals surface area contributed by atoms with Gasteiger partial charge in [0.15, 0.2) is 5.82 Å². The van der Waals surface area contributed by atoms with Crippen LogP contribution in [0.4, 0.5) is 16.3 Å². The van der Waals surface area contributed by atoms with E-state index >= 15 is 0 Å². The van der Waals surface area contributed by atoms with Crippen molar-refractivity contribution in [3.63, 3.8) is 0 Å². The first-order valence-corrected chi connectivity index (χ1v) is 13.3. The summed E-state index contributed by atoms with van der Waals surface area (Å²) in [7, 11) is 1.21. The van der Waals surface area contributed by atoms with Crippen molar-refractivity contribution in [3.8, 4) is 0 Å². The summed E-state index contributed by atoms with van der Waals surface area (Å²) >= 11 is 1.04. The van der Waals surface area contributed by atoms with Crippen LogP contribution in [0.5, 0.6) is 0 Å². The number of aromatic amines is 1. The number of methoxy groups -OCH3 is 1. The number of H-pyrrole nitrogens is 1. The number of amides is 3.